The Morgan fingerprint density at radius 3 is 2.36 bits per heavy atom. The van der Waals surface area contributed by atoms with E-state index in [4.69, 9.17) is 9.47 Å². The van der Waals surface area contributed by atoms with Crippen molar-refractivity contribution in [3.63, 3.8) is 0 Å². The van der Waals surface area contributed by atoms with Gasteiger partial charge in [-0.05, 0) is 6.42 Å². The van der Waals surface area contributed by atoms with Crippen molar-refractivity contribution in [3.05, 3.63) is 11.1 Å². The van der Waals surface area contributed by atoms with E-state index in [0.29, 0.717) is 24.0 Å². The van der Waals surface area contributed by atoms with Gasteiger partial charge in [0.25, 0.3) is 5.79 Å². The molecule has 1 atom stereocenters. The lowest BCUT2D eigenvalue weighted by molar-refractivity contribution is -0.232. The molecule has 1 saturated heterocycles. The first kappa shape index (κ1) is 5.35. The summed E-state index contributed by atoms with van der Waals surface area (Å²) in [6.07, 6.45) is 1.25. The SMILES string of the molecule is O=C1OC23CCC1=C2C(=O)O3. The van der Waals surface area contributed by atoms with Crippen LogP contribution in [0.2, 0.25) is 0 Å². The van der Waals surface area contributed by atoms with E-state index in [1.165, 1.54) is 0 Å². The largest absolute Gasteiger partial charge is 0.414 e. The van der Waals surface area contributed by atoms with E-state index in [1.807, 2.05) is 0 Å². The van der Waals surface area contributed by atoms with Crippen molar-refractivity contribution in [3.8, 4) is 0 Å². The molecule has 0 aromatic carbocycles. The number of esters is 2. The van der Waals surface area contributed by atoms with Crippen LogP contribution in [0.1, 0.15) is 12.8 Å². The van der Waals surface area contributed by atoms with Crippen molar-refractivity contribution < 1.29 is 19.1 Å². The molecule has 3 aliphatic rings. The van der Waals surface area contributed by atoms with Crippen LogP contribution in [0.25, 0.3) is 0 Å². The van der Waals surface area contributed by atoms with E-state index in [0.717, 1.165) is 0 Å². The molecule has 4 nitrogen and oxygen atoms in total. The van der Waals surface area contributed by atoms with Crippen LogP contribution in [0, 0.1) is 0 Å². The molecular formula is C7H4O4. The van der Waals surface area contributed by atoms with E-state index in [-0.39, 0.29) is 11.9 Å². The van der Waals surface area contributed by atoms with Crippen LogP contribution in [0.3, 0.4) is 0 Å². The lowest BCUT2D eigenvalue weighted by atomic mass is 10.0. The van der Waals surface area contributed by atoms with Crippen LogP contribution in [0.15, 0.2) is 11.1 Å². The molecule has 0 spiro atoms. The van der Waals surface area contributed by atoms with Crippen LogP contribution in [-0.4, -0.2) is 17.7 Å². The number of rotatable bonds is 0. The maximum atomic E-state index is 10.9. The van der Waals surface area contributed by atoms with Gasteiger partial charge in [0.1, 0.15) is 5.57 Å². The summed E-state index contributed by atoms with van der Waals surface area (Å²) < 4.78 is 9.63. The molecule has 0 saturated carbocycles. The maximum Gasteiger partial charge on any atom is 0.346 e. The van der Waals surface area contributed by atoms with Gasteiger partial charge in [-0.15, -0.1) is 0 Å². The Morgan fingerprint density at radius 1 is 1.18 bits per heavy atom. The normalized spacial score (nSPS) is 38.2. The van der Waals surface area contributed by atoms with E-state index < -0.39 is 5.79 Å². The number of ether oxygens (including phenoxy) is 2. The van der Waals surface area contributed by atoms with Gasteiger partial charge < -0.3 is 9.47 Å². The molecule has 11 heavy (non-hydrogen) atoms. The topological polar surface area (TPSA) is 52.6 Å². The molecule has 2 aliphatic heterocycles. The van der Waals surface area contributed by atoms with Gasteiger partial charge in [0.15, 0.2) is 0 Å². The molecule has 4 heteroatoms. The second-order valence-corrected chi connectivity index (χ2v) is 2.89. The van der Waals surface area contributed by atoms with Gasteiger partial charge in [-0.3, -0.25) is 0 Å². The summed E-state index contributed by atoms with van der Waals surface area (Å²) in [6.45, 7) is 0. The number of carbonyl (C=O) groups excluding carboxylic acids is 2. The zero-order chi connectivity index (χ0) is 7.64. The minimum Gasteiger partial charge on any atom is -0.414 e. The summed E-state index contributed by atoms with van der Waals surface area (Å²) in [5, 5.41) is 0. The van der Waals surface area contributed by atoms with Crippen molar-refractivity contribution in [2.75, 3.05) is 0 Å². The minimum absolute atomic E-state index is 0.378. The molecule has 2 bridgehead atoms. The third-order valence-electron chi connectivity index (χ3n) is 2.35. The molecule has 1 aliphatic carbocycles. The smallest absolute Gasteiger partial charge is 0.346 e. The van der Waals surface area contributed by atoms with Gasteiger partial charge in [-0.2, -0.15) is 0 Å². The standard InChI is InChI=1S/C7H4O4/c8-5-3-1-2-7(10-5)4(3)6(9)11-7/h1-2H2. The Labute approximate surface area is 61.8 Å². The van der Waals surface area contributed by atoms with Gasteiger partial charge in [0.2, 0.25) is 0 Å². The van der Waals surface area contributed by atoms with Crippen LogP contribution in [0.4, 0.5) is 0 Å². The van der Waals surface area contributed by atoms with E-state index >= 15 is 0 Å². The van der Waals surface area contributed by atoms with Crippen molar-refractivity contribution in [1.82, 2.24) is 0 Å². The van der Waals surface area contributed by atoms with Crippen LogP contribution < -0.4 is 0 Å². The summed E-state index contributed by atoms with van der Waals surface area (Å²) in [6, 6.07) is 0. The summed E-state index contributed by atoms with van der Waals surface area (Å²) in [5.41, 5.74) is 1.00. The molecule has 1 unspecified atom stereocenters. The van der Waals surface area contributed by atoms with Crippen molar-refractivity contribution >= 4 is 11.9 Å². The third kappa shape index (κ3) is 0.363. The molecule has 0 amide bonds. The van der Waals surface area contributed by atoms with Crippen molar-refractivity contribution in [2.24, 2.45) is 0 Å². The van der Waals surface area contributed by atoms with Gasteiger partial charge in [-0.25, -0.2) is 9.59 Å². The molecule has 1 fully saturated rings. The molecule has 0 aromatic rings. The van der Waals surface area contributed by atoms with Crippen LogP contribution >= 0.6 is 0 Å². The van der Waals surface area contributed by atoms with Crippen LogP contribution in [0.5, 0.6) is 0 Å². The van der Waals surface area contributed by atoms with Crippen LogP contribution in [-0.2, 0) is 19.1 Å². The number of hydrogen-bond donors (Lipinski definition) is 0. The summed E-state index contributed by atoms with van der Waals surface area (Å²) in [4.78, 5) is 21.7. The van der Waals surface area contributed by atoms with Gasteiger partial charge in [-0.1, -0.05) is 0 Å². The quantitative estimate of drug-likeness (QED) is 0.454. The fraction of sp³-hybridized carbons (Fsp3) is 0.429. The lowest BCUT2D eigenvalue weighted by Crippen LogP contribution is -2.48. The maximum absolute atomic E-state index is 10.9. The lowest BCUT2D eigenvalue weighted by Gasteiger charge is -2.35. The van der Waals surface area contributed by atoms with E-state index in [9.17, 15) is 9.59 Å². The first-order chi connectivity index (χ1) is 5.23. The third-order valence-corrected chi connectivity index (χ3v) is 2.35. The Kier molecular flexibility index (Phi) is 0.582. The van der Waals surface area contributed by atoms with E-state index in [2.05, 4.69) is 0 Å². The first-order valence-electron chi connectivity index (χ1n) is 3.43. The highest BCUT2D eigenvalue weighted by atomic mass is 16.8. The Morgan fingerprint density at radius 2 is 1.91 bits per heavy atom. The molecule has 0 aromatic heterocycles. The molecular weight excluding hydrogens is 148 g/mol. The average molecular weight is 152 g/mol. The zero-order valence-electron chi connectivity index (χ0n) is 5.55. The Bertz CT molecular complexity index is 327. The highest BCUT2D eigenvalue weighted by Gasteiger charge is 2.66. The molecule has 0 N–H and O–H groups in total. The molecule has 3 rings (SSSR count). The second kappa shape index (κ2) is 1.20. The Balaban J connectivity index is 2.25. The second-order valence-electron chi connectivity index (χ2n) is 2.89. The fourth-order valence-electron chi connectivity index (χ4n) is 1.84. The summed E-state index contributed by atoms with van der Waals surface area (Å²) >= 11 is 0. The van der Waals surface area contributed by atoms with Crippen molar-refractivity contribution in [1.29, 1.82) is 0 Å². The van der Waals surface area contributed by atoms with Gasteiger partial charge in [0.05, 0.1) is 5.57 Å². The molecule has 2 heterocycles. The summed E-state index contributed by atoms with van der Waals surface area (Å²) in [5.74, 6) is -1.69. The monoisotopic (exact) mass is 152 g/mol. The highest BCUT2D eigenvalue weighted by Crippen LogP contribution is 2.53. The van der Waals surface area contributed by atoms with Crippen molar-refractivity contribution in [2.45, 2.75) is 18.6 Å². The average Bonchev–Trinajstić information content (AvgIpc) is 2.31. The van der Waals surface area contributed by atoms with E-state index in [1.54, 1.807) is 0 Å². The van der Waals surface area contributed by atoms with Gasteiger partial charge in [0, 0.05) is 6.42 Å². The predicted octanol–water partition coefficient (Wildman–Crippen LogP) is -0.113. The summed E-state index contributed by atoms with van der Waals surface area (Å²) in [7, 11) is 0. The van der Waals surface area contributed by atoms with Gasteiger partial charge >= 0.3 is 11.9 Å². The number of hydrogen-bond acceptors (Lipinski definition) is 4. The molecule has 56 valence electrons. The first-order valence-corrected chi connectivity index (χ1v) is 3.43. The predicted molar refractivity (Wildman–Crippen MR) is 31.2 cm³/mol. The minimum atomic E-state index is -0.927. The fourth-order valence-corrected chi connectivity index (χ4v) is 1.84. The zero-order valence-corrected chi connectivity index (χ0v) is 5.55. The number of carbonyl (C=O) groups is 2. The molecule has 0 radical (unpaired) electrons. The Hall–Kier alpha value is -1.32. The highest BCUT2D eigenvalue weighted by molar-refractivity contribution is 6.10.